The van der Waals surface area contributed by atoms with Crippen LogP contribution in [-0.2, 0) is 5.88 Å². The van der Waals surface area contributed by atoms with Crippen LogP contribution in [0, 0.1) is 0 Å². The normalized spacial score (nSPS) is 11.3. The highest BCUT2D eigenvalue weighted by molar-refractivity contribution is 6.17. The number of nitrogens with one attached hydrogen (secondary N) is 1. The molecule has 1 aromatic carbocycles. The van der Waals surface area contributed by atoms with Gasteiger partial charge in [0.2, 0.25) is 0 Å². The molecule has 3 heteroatoms. The van der Waals surface area contributed by atoms with Gasteiger partial charge in [0.05, 0.1) is 0 Å². The summed E-state index contributed by atoms with van der Waals surface area (Å²) in [6.07, 6.45) is 3.67. The summed E-state index contributed by atoms with van der Waals surface area (Å²) in [7, 11) is 0. The molecule has 0 spiro atoms. The summed E-state index contributed by atoms with van der Waals surface area (Å²) in [5.41, 5.74) is 3.38. The van der Waals surface area contributed by atoms with Crippen LogP contribution in [0.25, 0.3) is 21.8 Å². The van der Waals surface area contributed by atoms with Crippen LogP contribution in [-0.4, -0.2) is 9.97 Å². The summed E-state index contributed by atoms with van der Waals surface area (Å²) in [6.45, 7) is 0. The SMILES string of the molecule is ClCc1ccc2[nH]c3ccncc3c2c1. The topological polar surface area (TPSA) is 28.7 Å². The van der Waals surface area contributed by atoms with E-state index in [1.807, 2.05) is 18.3 Å². The molecule has 2 nitrogen and oxygen atoms in total. The Labute approximate surface area is 91.9 Å². The first kappa shape index (κ1) is 8.74. The molecule has 3 rings (SSSR count). The Morgan fingerprint density at radius 2 is 2.00 bits per heavy atom. The molecule has 0 atom stereocenters. The first-order valence-electron chi connectivity index (χ1n) is 4.79. The molecule has 1 N–H and O–H groups in total. The minimum Gasteiger partial charge on any atom is -0.354 e. The van der Waals surface area contributed by atoms with Gasteiger partial charge < -0.3 is 4.98 Å². The summed E-state index contributed by atoms with van der Waals surface area (Å²) in [6, 6.07) is 8.20. The van der Waals surface area contributed by atoms with Crippen molar-refractivity contribution in [2.24, 2.45) is 0 Å². The van der Waals surface area contributed by atoms with E-state index < -0.39 is 0 Å². The third kappa shape index (κ3) is 1.29. The molecule has 0 aliphatic carbocycles. The van der Waals surface area contributed by atoms with Crippen LogP contribution in [0.15, 0.2) is 36.7 Å². The molecule has 0 radical (unpaired) electrons. The van der Waals surface area contributed by atoms with Crippen molar-refractivity contribution in [3.63, 3.8) is 0 Å². The second-order valence-corrected chi connectivity index (χ2v) is 3.83. The lowest BCUT2D eigenvalue weighted by Gasteiger charge is -1.95. The quantitative estimate of drug-likeness (QED) is 0.620. The van der Waals surface area contributed by atoms with Gasteiger partial charge in [-0.25, -0.2) is 0 Å². The van der Waals surface area contributed by atoms with Crippen molar-refractivity contribution in [2.45, 2.75) is 5.88 Å². The zero-order chi connectivity index (χ0) is 10.3. The highest BCUT2D eigenvalue weighted by atomic mass is 35.5. The Bertz CT molecular complexity index is 628. The van der Waals surface area contributed by atoms with Crippen molar-refractivity contribution >= 4 is 33.4 Å². The van der Waals surface area contributed by atoms with Crippen molar-refractivity contribution in [1.29, 1.82) is 0 Å². The Hall–Kier alpha value is -1.54. The van der Waals surface area contributed by atoms with Crippen molar-refractivity contribution in [3.05, 3.63) is 42.2 Å². The van der Waals surface area contributed by atoms with Crippen LogP contribution in [0.4, 0.5) is 0 Å². The zero-order valence-corrected chi connectivity index (χ0v) is 8.75. The van der Waals surface area contributed by atoms with Crippen molar-refractivity contribution in [1.82, 2.24) is 9.97 Å². The summed E-state index contributed by atoms with van der Waals surface area (Å²) in [5.74, 6) is 0.545. The number of alkyl halides is 1. The van der Waals surface area contributed by atoms with Gasteiger partial charge in [-0.05, 0) is 23.8 Å². The summed E-state index contributed by atoms with van der Waals surface area (Å²) in [5, 5.41) is 2.34. The highest BCUT2D eigenvalue weighted by Crippen LogP contribution is 2.25. The summed E-state index contributed by atoms with van der Waals surface area (Å²) < 4.78 is 0. The van der Waals surface area contributed by atoms with Crippen molar-refractivity contribution in [3.8, 4) is 0 Å². The molecular weight excluding hydrogens is 208 g/mol. The molecule has 0 aliphatic rings. The molecule has 0 unspecified atom stereocenters. The molecule has 0 amide bonds. The number of hydrogen-bond donors (Lipinski definition) is 1. The lowest BCUT2D eigenvalue weighted by Crippen LogP contribution is -1.76. The number of benzene rings is 1. The van der Waals surface area contributed by atoms with Crippen LogP contribution in [0.2, 0.25) is 0 Å². The second-order valence-electron chi connectivity index (χ2n) is 3.56. The van der Waals surface area contributed by atoms with Gasteiger partial charge in [-0.15, -0.1) is 11.6 Å². The number of fused-ring (bicyclic) bond motifs is 3. The zero-order valence-electron chi connectivity index (χ0n) is 8.00. The minimum absolute atomic E-state index is 0.545. The highest BCUT2D eigenvalue weighted by Gasteiger charge is 2.03. The fourth-order valence-corrected chi connectivity index (χ4v) is 2.04. The van der Waals surface area contributed by atoms with E-state index in [-0.39, 0.29) is 0 Å². The van der Waals surface area contributed by atoms with Gasteiger partial charge in [0.25, 0.3) is 0 Å². The van der Waals surface area contributed by atoms with Gasteiger partial charge in [0.1, 0.15) is 0 Å². The first-order chi connectivity index (χ1) is 7.38. The maximum Gasteiger partial charge on any atom is 0.0495 e. The average molecular weight is 217 g/mol. The number of aromatic nitrogens is 2. The number of rotatable bonds is 1. The average Bonchev–Trinajstić information content (AvgIpc) is 2.66. The fourth-order valence-electron chi connectivity index (χ4n) is 1.87. The van der Waals surface area contributed by atoms with E-state index in [9.17, 15) is 0 Å². The largest absolute Gasteiger partial charge is 0.354 e. The van der Waals surface area contributed by atoms with Crippen molar-refractivity contribution in [2.75, 3.05) is 0 Å². The molecule has 0 bridgehead atoms. The van der Waals surface area contributed by atoms with E-state index in [0.29, 0.717) is 5.88 Å². The lowest BCUT2D eigenvalue weighted by atomic mass is 10.1. The lowest BCUT2D eigenvalue weighted by molar-refractivity contribution is 1.36. The molecule has 74 valence electrons. The third-order valence-electron chi connectivity index (χ3n) is 2.62. The van der Waals surface area contributed by atoms with Gasteiger partial charge in [0.15, 0.2) is 0 Å². The van der Waals surface area contributed by atoms with E-state index >= 15 is 0 Å². The molecule has 2 heterocycles. The number of hydrogen-bond acceptors (Lipinski definition) is 1. The Morgan fingerprint density at radius 1 is 1.13 bits per heavy atom. The molecule has 15 heavy (non-hydrogen) atoms. The maximum absolute atomic E-state index is 5.82. The van der Waals surface area contributed by atoms with Crippen LogP contribution >= 0.6 is 11.6 Å². The predicted octanol–water partition coefficient (Wildman–Crippen LogP) is 3.45. The summed E-state index contributed by atoms with van der Waals surface area (Å²) in [4.78, 5) is 7.48. The monoisotopic (exact) mass is 216 g/mol. The Kier molecular flexibility index (Phi) is 1.89. The molecule has 0 saturated carbocycles. The predicted molar refractivity (Wildman–Crippen MR) is 63.2 cm³/mol. The van der Waals surface area contributed by atoms with E-state index in [1.54, 1.807) is 6.20 Å². The first-order valence-corrected chi connectivity index (χ1v) is 5.32. The molecule has 0 aliphatic heterocycles. The number of nitrogens with zero attached hydrogens (tertiary/aromatic N) is 1. The van der Waals surface area contributed by atoms with Crippen LogP contribution in [0.3, 0.4) is 0 Å². The molecule has 3 aromatic rings. The van der Waals surface area contributed by atoms with E-state index in [0.717, 1.165) is 22.0 Å². The van der Waals surface area contributed by atoms with Crippen LogP contribution in [0.1, 0.15) is 5.56 Å². The smallest absolute Gasteiger partial charge is 0.0495 e. The van der Waals surface area contributed by atoms with Gasteiger partial charge in [0, 0.05) is 40.1 Å². The third-order valence-corrected chi connectivity index (χ3v) is 2.93. The van der Waals surface area contributed by atoms with E-state index in [1.165, 1.54) is 5.39 Å². The van der Waals surface area contributed by atoms with Gasteiger partial charge >= 0.3 is 0 Å². The number of halogens is 1. The second kappa shape index (κ2) is 3.24. The van der Waals surface area contributed by atoms with E-state index in [4.69, 9.17) is 11.6 Å². The van der Waals surface area contributed by atoms with E-state index in [2.05, 4.69) is 22.1 Å². The molecule has 0 fully saturated rings. The summed E-state index contributed by atoms with van der Waals surface area (Å²) >= 11 is 5.82. The minimum atomic E-state index is 0.545. The van der Waals surface area contributed by atoms with Crippen LogP contribution in [0.5, 0.6) is 0 Å². The van der Waals surface area contributed by atoms with Crippen molar-refractivity contribution < 1.29 is 0 Å². The fraction of sp³-hybridized carbons (Fsp3) is 0.0833. The number of pyridine rings is 1. The number of aromatic amines is 1. The van der Waals surface area contributed by atoms with Gasteiger partial charge in [-0.2, -0.15) is 0 Å². The maximum atomic E-state index is 5.82. The van der Waals surface area contributed by atoms with Crippen LogP contribution < -0.4 is 0 Å². The molecular formula is C12H9ClN2. The van der Waals surface area contributed by atoms with Gasteiger partial charge in [-0.1, -0.05) is 6.07 Å². The standard InChI is InChI=1S/C12H9ClN2/c13-6-8-1-2-11-9(5-8)10-7-14-4-3-12(10)15-11/h1-5,7,15H,6H2. The Morgan fingerprint density at radius 3 is 2.87 bits per heavy atom. The number of H-pyrrole nitrogens is 1. The van der Waals surface area contributed by atoms with Gasteiger partial charge in [-0.3, -0.25) is 4.98 Å². The molecule has 0 saturated heterocycles. The molecule has 2 aromatic heterocycles. The Balaban J connectivity index is 2.46.